The number of para-hydroxylation sites is 1. The number of ether oxygens (including phenoxy) is 1. The summed E-state index contributed by atoms with van der Waals surface area (Å²) in [4.78, 5) is 45.5. The SMILES string of the molecule is CC(C)(C)C(=O)CN1C(=O)C(NC(=O)OCc2ccccc2)N=C(c2ccccc2)c2ccccc21. The van der Waals surface area contributed by atoms with Gasteiger partial charge in [-0.2, -0.15) is 0 Å². The van der Waals surface area contributed by atoms with Crippen molar-refractivity contribution in [3.63, 3.8) is 0 Å². The third kappa shape index (κ3) is 5.68. The zero-order chi connectivity index (χ0) is 25.7. The fourth-order valence-corrected chi connectivity index (χ4v) is 3.77. The van der Waals surface area contributed by atoms with Gasteiger partial charge in [0.05, 0.1) is 17.9 Å². The molecule has 3 aromatic carbocycles. The first-order valence-electron chi connectivity index (χ1n) is 11.8. The van der Waals surface area contributed by atoms with Gasteiger partial charge in [0.25, 0.3) is 5.91 Å². The lowest BCUT2D eigenvalue weighted by atomic mass is 9.90. The monoisotopic (exact) mass is 483 g/mol. The van der Waals surface area contributed by atoms with Gasteiger partial charge >= 0.3 is 6.09 Å². The first-order chi connectivity index (χ1) is 17.2. The number of hydrogen-bond acceptors (Lipinski definition) is 5. The number of aliphatic imine (C=N–C) groups is 1. The first-order valence-corrected chi connectivity index (χ1v) is 11.8. The Kier molecular flexibility index (Phi) is 7.29. The number of anilines is 1. The molecule has 7 nitrogen and oxygen atoms in total. The van der Waals surface area contributed by atoms with Crippen molar-refractivity contribution in [2.24, 2.45) is 10.4 Å². The average Bonchev–Trinajstić information content (AvgIpc) is 2.99. The molecule has 1 aliphatic rings. The number of hydrogen-bond donors (Lipinski definition) is 1. The normalized spacial score (nSPS) is 15.4. The molecular formula is C29H29N3O4. The van der Waals surface area contributed by atoms with Crippen molar-refractivity contribution in [1.29, 1.82) is 0 Å². The summed E-state index contributed by atoms with van der Waals surface area (Å²) in [6.07, 6.45) is -2.05. The molecule has 0 spiro atoms. The number of benzodiazepines with no additional fused rings is 1. The molecule has 0 radical (unpaired) electrons. The molecule has 3 aromatic rings. The number of nitrogens with one attached hydrogen (secondary N) is 1. The van der Waals surface area contributed by atoms with Crippen LogP contribution in [0.15, 0.2) is 89.9 Å². The van der Waals surface area contributed by atoms with Crippen molar-refractivity contribution in [3.05, 3.63) is 102 Å². The molecule has 36 heavy (non-hydrogen) atoms. The van der Waals surface area contributed by atoms with Crippen LogP contribution in [0, 0.1) is 5.41 Å². The Morgan fingerprint density at radius 1 is 0.917 bits per heavy atom. The summed E-state index contributed by atoms with van der Waals surface area (Å²) in [7, 11) is 0. The maximum absolute atomic E-state index is 13.8. The van der Waals surface area contributed by atoms with Crippen molar-refractivity contribution >= 4 is 29.2 Å². The van der Waals surface area contributed by atoms with E-state index in [1.165, 1.54) is 4.90 Å². The molecule has 1 atom stereocenters. The van der Waals surface area contributed by atoms with Crippen LogP contribution in [0.2, 0.25) is 0 Å². The van der Waals surface area contributed by atoms with Crippen LogP contribution in [0.3, 0.4) is 0 Å². The minimum atomic E-state index is -1.27. The average molecular weight is 484 g/mol. The molecule has 4 rings (SSSR count). The van der Waals surface area contributed by atoms with Gasteiger partial charge in [0.1, 0.15) is 6.61 Å². The zero-order valence-corrected chi connectivity index (χ0v) is 20.6. The van der Waals surface area contributed by atoms with Gasteiger partial charge in [-0.3, -0.25) is 14.9 Å². The summed E-state index contributed by atoms with van der Waals surface area (Å²) in [5, 5.41) is 2.60. The van der Waals surface area contributed by atoms with Gasteiger partial charge in [-0.25, -0.2) is 9.79 Å². The number of amides is 2. The van der Waals surface area contributed by atoms with Crippen LogP contribution in [0.25, 0.3) is 0 Å². The fraction of sp³-hybridized carbons (Fsp3) is 0.241. The maximum atomic E-state index is 13.8. The predicted molar refractivity (Wildman–Crippen MR) is 139 cm³/mol. The lowest BCUT2D eigenvalue weighted by Gasteiger charge is -2.27. The van der Waals surface area contributed by atoms with Crippen LogP contribution in [0.4, 0.5) is 10.5 Å². The number of carbonyl (C=O) groups excluding carboxylic acids is 3. The Morgan fingerprint density at radius 2 is 1.53 bits per heavy atom. The summed E-state index contributed by atoms with van der Waals surface area (Å²) >= 11 is 0. The van der Waals surface area contributed by atoms with E-state index in [2.05, 4.69) is 10.3 Å². The van der Waals surface area contributed by atoms with Crippen LogP contribution < -0.4 is 10.2 Å². The third-order valence-electron chi connectivity index (χ3n) is 5.86. The third-order valence-corrected chi connectivity index (χ3v) is 5.86. The van der Waals surface area contributed by atoms with Crippen molar-refractivity contribution in [2.75, 3.05) is 11.4 Å². The molecule has 0 aromatic heterocycles. The number of benzene rings is 3. The molecule has 0 saturated heterocycles. The molecule has 1 aliphatic heterocycles. The number of fused-ring (bicyclic) bond motifs is 1. The Morgan fingerprint density at radius 3 is 2.19 bits per heavy atom. The summed E-state index contributed by atoms with van der Waals surface area (Å²) < 4.78 is 5.35. The first kappa shape index (κ1) is 24.9. The van der Waals surface area contributed by atoms with Crippen LogP contribution in [-0.4, -0.2) is 36.2 Å². The van der Waals surface area contributed by atoms with E-state index < -0.39 is 23.6 Å². The maximum Gasteiger partial charge on any atom is 0.409 e. The minimum Gasteiger partial charge on any atom is -0.445 e. The van der Waals surface area contributed by atoms with Crippen LogP contribution in [0.1, 0.15) is 37.5 Å². The van der Waals surface area contributed by atoms with E-state index in [0.29, 0.717) is 17.0 Å². The highest BCUT2D eigenvalue weighted by Gasteiger charge is 2.36. The van der Waals surface area contributed by atoms with E-state index in [0.717, 1.165) is 11.1 Å². The Bertz CT molecular complexity index is 1280. The number of alkyl carbamates (subject to hydrolysis) is 1. The summed E-state index contributed by atoms with van der Waals surface area (Å²) in [5.74, 6) is -0.623. The molecule has 0 saturated carbocycles. The zero-order valence-electron chi connectivity index (χ0n) is 20.6. The second-order valence-corrected chi connectivity index (χ2v) is 9.57. The second kappa shape index (κ2) is 10.6. The lowest BCUT2D eigenvalue weighted by molar-refractivity contribution is -0.127. The molecule has 0 aliphatic carbocycles. The highest BCUT2D eigenvalue weighted by molar-refractivity contribution is 6.21. The number of carbonyl (C=O) groups is 3. The smallest absolute Gasteiger partial charge is 0.409 e. The van der Waals surface area contributed by atoms with E-state index in [1.807, 2.05) is 99.6 Å². The van der Waals surface area contributed by atoms with E-state index in [-0.39, 0.29) is 18.9 Å². The van der Waals surface area contributed by atoms with Gasteiger partial charge in [0, 0.05) is 16.5 Å². The Labute approximate surface area is 210 Å². The van der Waals surface area contributed by atoms with Crippen molar-refractivity contribution in [1.82, 2.24) is 5.32 Å². The van der Waals surface area contributed by atoms with Gasteiger partial charge in [0.2, 0.25) is 6.17 Å². The standard InChI is InChI=1S/C29H29N3O4/c1-29(2,3)24(33)18-32-23-17-11-10-16-22(23)25(21-14-8-5-9-15-21)30-26(27(32)34)31-28(35)36-19-20-12-6-4-7-13-20/h4-17,26H,18-19H2,1-3H3,(H,31,35). The molecule has 1 heterocycles. The van der Waals surface area contributed by atoms with Gasteiger partial charge in [-0.15, -0.1) is 0 Å². The molecule has 0 fully saturated rings. The second-order valence-electron chi connectivity index (χ2n) is 9.57. The summed E-state index contributed by atoms with van der Waals surface area (Å²) in [6, 6.07) is 26.0. The number of Topliss-reactive ketones (excluding diaryl/α,β-unsaturated/α-hetero) is 1. The minimum absolute atomic E-state index is 0.0509. The Hall–Kier alpha value is -4.26. The molecular weight excluding hydrogens is 454 g/mol. The van der Waals surface area contributed by atoms with Crippen LogP contribution >= 0.6 is 0 Å². The molecule has 7 heteroatoms. The van der Waals surface area contributed by atoms with E-state index in [9.17, 15) is 14.4 Å². The Balaban J connectivity index is 1.70. The lowest BCUT2D eigenvalue weighted by Crippen LogP contribution is -2.50. The highest BCUT2D eigenvalue weighted by Crippen LogP contribution is 2.29. The molecule has 184 valence electrons. The number of rotatable bonds is 6. The number of ketones is 1. The van der Waals surface area contributed by atoms with Crippen molar-refractivity contribution in [2.45, 2.75) is 33.5 Å². The van der Waals surface area contributed by atoms with Gasteiger partial charge in [0.15, 0.2) is 5.78 Å². The van der Waals surface area contributed by atoms with Gasteiger partial charge < -0.3 is 9.64 Å². The van der Waals surface area contributed by atoms with E-state index >= 15 is 0 Å². The van der Waals surface area contributed by atoms with E-state index in [1.54, 1.807) is 6.07 Å². The van der Waals surface area contributed by atoms with Gasteiger partial charge in [-0.1, -0.05) is 99.6 Å². The largest absolute Gasteiger partial charge is 0.445 e. The molecule has 1 N–H and O–H groups in total. The molecule has 0 bridgehead atoms. The van der Waals surface area contributed by atoms with Crippen LogP contribution in [0.5, 0.6) is 0 Å². The van der Waals surface area contributed by atoms with Crippen LogP contribution in [-0.2, 0) is 20.9 Å². The van der Waals surface area contributed by atoms with Gasteiger partial charge in [-0.05, 0) is 11.6 Å². The van der Waals surface area contributed by atoms with E-state index in [4.69, 9.17) is 4.74 Å². The van der Waals surface area contributed by atoms with Crippen molar-refractivity contribution in [3.8, 4) is 0 Å². The highest BCUT2D eigenvalue weighted by atomic mass is 16.5. The topological polar surface area (TPSA) is 88.1 Å². The fourth-order valence-electron chi connectivity index (χ4n) is 3.77. The molecule has 1 unspecified atom stereocenters. The number of nitrogens with zero attached hydrogens (tertiary/aromatic N) is 2. The van der Waals surface area contributed by atoms with Crippen molar-refractivity contribution < 1.29 is 19.1 Å². The quantitative estimate of drug-likeness (QED) is 0.549. The molecule has 2 amide bonds. The summed E-state index contributed by atoms with van der Waals surface area (Å²) in [5.41, 5.74) is 2.75. The predicted octanol–water partition coefficient (Wildman–Crippen LogP) is 4.74. The summed E-state index contributed by atoms with van der Waals surface area (Å²) in [6.45, 7) is 5.34.